The summed E-state index contributed by atoms with van der Waals surface area (Å²) in [6.07, 6.45) is 7.28. The minimum Gasteiger partial charge on any atom is -0.481 e. The summed E-state index contributed by atoms with van der Waals surface area (Å²) in [5.41, 5.74) is 3.59. The fraction of sp³-hybridized carbons (Fsp3) is 0.812. The molecule has 1 aliphatic carbocycles. The largest absolute Gasteiger partial charge is 0.481 e. The lowest BCUT2D eigenvalue weighted by Crippen LogP contribution is -2.19. The molecule has 1 N–H and O–H groups in total. The molecule has 0 spiro atoms. The fourth-order valence-electron chi connectivity index (χ4n) is 2.84. The van der Waals surface area contributed by atoms with Gasteiger partial charge in [0.2, 0.25) is 0 Å². The molecule has 1 unspecified atom stereocenters. The molecule has 0 saturated carbocycles. The number of hydrogen-bond donors (Lipinski definition) is 1. The third-order valence-electron chi connectivity index (χ3n) is 4.62. The molecule has 0 bridgehead atoms. The molecule has 0 aromatic carbocycles. The molecule has 2 nitrogen and oxygen atoms in total. The molecule has 18 heavy (non-hydrogen) atoms. The number of carbonyl (C=O) groups is 1. The maximum Gasteiger partial charge on any atom is 0.303 e. The van der Waals surface area contributed by atoms with E-state index in [1.54, 1.807) is 11.1 Å². The Kier molecular flexibility index (Phi) is 5.43. The molecule has 1 rings (SSSR count). The van der Waals surface area contributed by atoms with Crippen molar-refractivity contribution in [1.82, 2.24) is 0 Å². The topological polar surface area (TPSA) is 37.3 Å². The van der Waals surface area contributed by atoms with Gasteiger partial charge in [-0.15, -0.1) is 0 Å². The summed E-state index contributed by atoms with van der Waals surface area (Å²) in [5.74, 6) is -0.150. The summed E-state index contributed by atoms with van der Waals surface area (Å²) < 4.78 is 0. The van der Waals surface area contributed by atoms with E-state index in [9.17, 15) is 4.79 Å². The van der Waals surface area contributed by atoms with Gasteiger partial charge in [-0.3, -0.25) is 4.79 Å². The van der Waals surface area contributed by atoms with Crippen LogP contribution in [0.15, 0.2) is 11.1 Å². The SMILES string of the molecule is CC1=C(CCC(C)CCC(=O)O)CCCC1(C)C. The van der Waals surface area contributed by atoms with Crippen molar-refractivity contribution in [3.05, 3.63) is 11.1 Å². The minimum atomic E-state index is -0.670. The molecule has 2 heteroatoms. The molecule has 0 aromatic heterocycles. The van der Waals surface area contributed by atoms with E-state index in [0.29, 0.717) is 17.8 Å². The lowest BCUT2D eigenvalue weighted by molar-refractivity contribution is -0.137. The van der Waals surface area contributed by atoms with Crippen molar-refractivity contribution in [3.63, 3.8) is 0 Å². The van der Waals surface area contributed by atoms with Crippen LogP contribution in [0.3, 0.4) is 0 Å². The van der Waals surface area contributed by atoms with E-state index in [4.69, 9.17) is 5.11 Å². The Morgan fingerprint density at radius 1 is 1.39 bits per heavy atom. The average molecular weight is 252 g/mol. The van der Waals surface area contributed by atoms with Crippen molar-refractivity contribution in [3.8, 4) is 0 Å². The van der Waals surface area contributed by atoms with E-state index in [1.165, 1.54) is 19.3 Å². The fourth-order valence-corrected chi connectivity index (χ4v) is 2.84. The molecule has 0 heterocycles. The van der Waals surface area contributed by atoms with Crippen LogP contribution < -0.4 is 0 Å². The number of allylic oxidation sites excluding steroid dienone is 2. The maximum atomic E-state index is 10.5. The molecule has 0 aromatic rings. The standard InChI is InChI=1S/C16H28O2/c1-12(8-10-15(17)18)7-9-14-6-5-11-16(3,4)13(14)2/h12H,5-11H2,1-4H3,(H,17,18). The lowest BCUT2D eigenvalue weighted by Gasteiger charge is -2.34. The van der Waals surface area contributed by atoms with E-state index in [1.807, 2.05) is 0 Å². The molecule has 0 amide bonds. The van der Waals surface area contributed by atoms with Gasteiger partial charge in [-0.1, -0.05) is 31.9 Å². The second-order valence-electron chi connectivity index (χ2n) is 6.54. The molecular formula is C16H28O2. The van der Waals surface area contributed by atoms with Crippen molar-refractivity contribution in [2.45, 2.75) is 72.6 Å². The molecule has 104 valence electrons. The number of carboxylic acids is 1. The van der Waals surface area contributed by atoms with Crippen LogP contribution in [0.25, 0.3) is 0 Å². The van der Waals surface area contributed by atoms with Gasteiger partial charge in [0, 0.05) is 6.42 Å². The quantitative estimate of drug-likeness (QED) is 0.690. The zero-order valence-electron chi connectivity index (χ0n) is 12.4. The molecule has 1 atom stereocenters. The van der Waals surface area contributed by atoms with Crippen LogP contribution in [-0.2, 0) is 4.79 Å². The molecule has 0 fully saturated rings. The first-order valence-electron chi connectivity index (χ1n) is 7.24. The molecule has 0 aliphatic heterocycles. The first kappa shape index (κ1) is 15.3. The first-order chi connectivity index (χ1) is 8.33. The normalized spacial score (nSPS) is 20.9. The predicted octanol–water partition coefficient (Wildman–Crippen LogP) is 4.79. The van der Waals surface area contributed by atoms with Gasteiger partial charge in [0.1, 0.15) is 0 Å². The van der Waals surface area contributed by atoms with Gasteiger partial charge in [0.05, 0.1) is 0 Å². The van der Waals surface area contributed by atoms with Gasteiger partial charge in [-0.2, -0.15) is 0 Å². The Labute approximate surface area is 111 Å². The number of hydrogen-bond acceptors (Lipinski definition) is 1. The van der Waals surface area contributed by atoms with Crippen LogP contribution in [0.4, 0.5) is 0 Å². The van der Waals surface area contributed by atoms with Crippen molar-refractivity contribution < 1.29 is 9.90 Å². The summed E-state index contributed by atoms with van der Waals surface area (Å²) in [5, 5.41) is 8.68. The number of aliphatic carboxylic acids is 1. The van der Waals surface area contributed by atoms with Crippen molar-refractivity contribution >= 4 is 5.97 Å². The van der Waals surface area contributed by atoms with Crippen LogP contribution in [-0.4, -0.2) is 11.1 Å². The zero-order valence-corrected chi connectivity index (χ0v) is 12.4. The van der Waals surface area contributed by atoms with E-state index < -0.39 is 5.97 Å². The van der Waals surface area contributed by atoms with E-state index in [-0.39, 0.29) is 0 Å². The van der Waals surface area contributed by atoms with Gasteiger partial charge in [-0.05, 0) is 56.8 Å². The molecule has 0 saturated heterocycles. The Bertz CT molecular complexity index is 326. The highest BCUT2D eigenvalue weighted by atomic mass is 16.4. The Hall–Kier alpha value is -0.790. The van der Waals surface area contributed by atoms with Crippen LogP contribution in [0.2, 0.25) is 0 Å². The van der Waals surface area contributed by atoms with Crippen LogP contribution >= 0.6 is 0 Å². The highest BCUT2D eigenvalue weighted by Crippen LogP contribution is 2.41. The number of carboxylic acid groups (broad SMARTS) is 1. The zero-order chi connectivity index (χ0) is 13.8. The number of rotatable bonds is 6. The predicted molar refractivity (Wildman–Crippen MR) is 75.6 cm³/mol. The van der Waals surface area contributed by atoms with Gasteiger partial charge >= 0.3 is 5.97 Å². The molecule has 1 aliphatic rings. The van der Waals surface area contributed by atoms with Crippen molar-refractivity contribution in [2.75, 3.05) is 0 Å². The van der Waals surface area contributed by atoms with Crippen LogP contribution in [0.1, 0.15) is 72.6 Å². The van der Waals surface area contributed by atoms with E-state index in [2.05, 4.69) is 27.7 Å². The average Bonchev–Trinajstić information content (AvgIpc) is 2.28. The Morgan fingerprint density at radius 2 is 2.06 bits per heavy atom. The summed E-state index contributed by atoms with van der Waals surface area (Å²) in [6.45, 7) is 9.15. The third kappa shape index (κ3) is 4.47. The highest BCUT2D eigenvalue weighted by molar-refractivity contribution is 5.66. The van der Waals surface area contributed by atoms with Gasteiger partial charge in [0.25, 0.3) is 0 Å². The Balaban J connectivity index is 2.45. The monoisotopic (exact) mass is 252 g/mol. The maximum absolute atomic E-state index is 10.5. The second-order valence-corrected chi connectivity index (χ2v) is 6.54. The summed E-state index contributed by atoms with van der Waals surface area (Å²) >= 11 is 0. The van der Waals surface area contributed by atoms with Gasteiger partial charge in [0.15, 0.2) is 0 Å². The first-order valence-corrected chi connectivity index (χ1v) is 7.24. The smallest absolute Gasteiger partial charge is 0.303 e. The summed E-state index contributed by atoms with van der Waals surface area (Å²) in [6, 6.07) is 0. The Morgan fingerprint density at radius 3 is 2.67 bits per heavy atom. The van der Waals surface area contributed by atoms with Crippen molar-refractivity contribution in [1.29, 1.82) is 0 Å². The lowest BCUT2D eigenvalue weighted by atomic mass is 9.72. The van der Waals surface area contributed by atoms with Gasteiger partial charge in [-0.25, -0.2) is 0 Å². The summed E-state index contributed by atoms with van der Waals surface area (Å²) in [7, 11) is 0. The van der Waals surface area contributed by atoms with Gasteiger partial charge < -0.3 is 5.11 Å². The second kappa shape index (κ2) is 6.40. The van der Waals surface area contributed by atoms with Crippen molar-refractivity contribution in [2.24, 2.45) is 11.3 Å². The van der Waals surface area contributed by atoms with Crippen LogP contribution in [0.5, 0.6) is 0 Å². The highest BCUT2D eigenvalue weighted by Gasteiger charge is 2.26. The van der Waals surface area contributed by atoms with Crippen LogP contribution in [0, 0.1) is 11.3 Å². The van der Waals surface area contributed by atoms with E-state index >= 15 is 0 Å². The van der Waals surface area contributed by atoms with E-state index in [0.717, 1.165) is 19.3 Å². The summed E-state index contributed by atoms with van der Waals surface area (Å²) in [4.78, 5) is 10.5. The third-order valence-corrected chi connectivity index (χ3v) is 4.62. The molecule has 0 radical (unpaired) electrons. The molecular weight excluding hydrogens is 224 g/mol. The minimum absolute atomic E-state index is 0.310.